The Morgan fingerprint density at radius 1 is 1.07 bits per heavy atom. The first-order valence-electron chi connectivity index (χ1n) is 9.05. The normalized spacial score (nSPS) is 30.0. The number of nitrogens with zero attached hydrogens (tertiary/aromatic N) is 2. The van der Waals surface area contributed by atoms with E-state index in [1.807, 2.05) is 11.4 Å². The summed E-state index contributed by atoms with van der Waals surface area (Å²) >= 11 is 7.33. The Morgan fingerprint density at radius 2 is 1.81 bits per heavy atom. The number of benzene rings is 1. The standard InChI is InChI=1S/C20H17ClN2O3S/c21-11-5-7-12(8-6-11)23-19(25)15-13-3-1-9-22(13)17(16(15)20(23)26)18(24)14-4-2-10-27-14/h2,4-8,10,13,15-17H,1,3,9H2/t13-,15-,16+,17+/m1/s1. The fourth-order valence-electron chi connectivity index (χ4n) is 4.92. The van der Waals surface area contributed by atoms with Gasteiger partial charge < -0.3 is 0 Å². The van der Waals surface area contributed by atoms with Gasteiger partial charge in [0.1, 0.15) is 0 Å². The maximum atomic E-state index is 13.3. The van der Waals surface area contributed by atoms with Crippen molar-refractivity contribution in [2.24, 2.45) is 11.8 Å². The topological polar surface area (TPSA) is 57.7 Å². The van der Waals surface area contributed by atoms with E-state index in [9.17, 15) is 14.4 Å². The molecule has 0 saturated carbocycles. The van der Waals surface area contributed by atoms with E-state index in [4.69, 9.17) is 11.6 Å². The zero-order chi connectivity index (χ0) is 18.7. The first kappa shape index (κ1) is 17.1. The van der Waals surface area contributed by atoms with Crippen molar-refractivity contribution in [3.05, 3.63) is 51.7 Å². The first-order valence-corrected chi connectivity index (χ1v) is 10.3. The van der Waals surface area contributed by atoms with Crippen LogP contribution in [-0.4, -0.2) is 41.1 Å². The van der Waals surface area contributed by atoms with Gasteiger partial charge in [-0.1, -0.05) is 17.7 Å². The van der Waals surface area contributed by atoms with E-state index in [0.29, 0.717) is 15.6 Å². The molecule has 0 aliphatic carbocycles. The van der Waals surface area contributed by atoms with Gasteiger partial charge in [0, 0.05) is 11.1 Å². The highest BCUT2D eigenvalue weighted by Gasteiger charge is 2.64. The fraction of sp³-hybridized carbons (Fsp3) is 0.350. The van der Waals surface area contributed by atoms with Crippen molar-refractivity contribution < 1.29 is 14.4 Å². The molecule has 0 bridgehead atoms. The van der Waals surface area contributed by atoms with Crippen molar-refractivity contribution in [1.82, 2.24) is 4.90 Å². The molecule has 3 saturated heterocycles. The molecule has 7 heteroatoms. The predicted molar refractivity (Wildman–Crippen MR) is 103 cm³/mol. The molecule has 2 amide bonds. The Morgan fingerprint density at radius 3 is 2.52 bits per heavy atom. The van der Waals surface area contributed by atoms with Crippen molar-refractivity contribution in [3.63, 3.8) is 0 Å². The quantitative estimate of drug-likeness (QED) is 0.586. The summed E-state index contributed by atoms with van der Waals surface area (Å²) < 4.78 is 0. The van der Waals surface area contributed by atoms with E-state index >= 15 is 0 Å². The average molecular weight is 401 g/mol. The summed E-state index contributed by atoms with van der Waals surface area (Å²) in [4.78, 5) is 43.7. The Balaban J connectivity index is 1.56. The van der Waals surface area contributed by atoms with Gasteiger partial charge in [0.25, 0.3) is 0 Å². The minimum Gasteiger partial charge on any atom is -0.291 e. The number of anilines is 1. The molecule has 5 nitrogen and oxygen atoms in total. The van der Waals surface area contributed by atoms with Gasteiger partial charge in [-0.3, -0.25) is 19.3 Å². The Labute approximate surface area is 165 Å². The van der Waals surface area contributed by atoms with Crippen LogP contribution in [0.4, 0.5) is 5.69 Å². The molecule has 1 aromatic carbocycles. The van der Waals surface area contributed by atoms with Crippen molar-refractivity contribution in [3.8, 4) is 0 Å². The van der Waals surface area contributed by atoms with Crippen LogP contribution in [0.3, 0.4) is 0 Å². The van der Waals surface area contributed by atoms with Gasteiger partial charge in [0.15, 0.2) is 5.78 Å². The van der Waals surface area contributed by atoms with Crippen LogP contribution in [0.15, 0.2) is 41.8 Å². The number of hydrogen-bond donors (Lipinski definition) is 0. The van der Waals surface area contributed by atoms with Crippen LogP contribution in [0.5, 0.6) is 0 Å². The number of Topliss-reactive ketones (excluding diaryl/α,β-unsaturated/α-hetero) is 1. The van der Waals surface area contributed by atoms with Gasteiger partial charge in [-0.25, -0.2) is 4.90 Å². The summed E-state index contributed by atoms with van der Waals surface area (Å²) in [5, 5.41) is 2.41. The van der Waals surface area contributed by atoms with Crippen molar-refractivity contribution in [1.29, 1.82) is 0 Å². The smallest absolute Gasteiger partial charge is 0.239 e. The van der Waals surface area contributed by atoms with Crippen LogP contribution in [0.2, 0.25) is 5.02 Å². The summed E-state index contributed by atoms with van der Waals surface area (Å²) in [5.74, 6) is -1.54. The molecule has 138 valence electrons. The van der Waals surface area contributed by atoms with Gasteiger partial charge in [0.05, 0.1) is 28.4 Å². The lowest BCUT2D eigenvalue weighted by atomic mass is 9.86. The van der Waals surface area contributed by atoms with Crippen molar-refractivity contribution in [2.75, 3.05) is 11.4 Å². The van der Waals surface area contributed by atoms with Crippen molar-refractivity contribution in [2.45, 2.75) is 24.9 Å². The second-order valence-corrected chi connectivity index (χ2v) is 8.66. The summed E-state index contributed by atoms with van der Waals surface area (Å²) in [7, 11) is 0. The molecule has 1 aromatic heterocycles. The van der Waals surface area contributed by atoms with Crippen LogP contribution in [0.1, 0.15) is 22.5 Å². The lowest BCUT2D eigenvalue weighted by molar-refractivity contribution is -0.123. The Hall–Kier alpha value is -2.02. The number of carbonyl (C=O) groups excluding carboxylic acids is 3. The number of ketones is 1. The minimum absolute atomic E-state index is 0.0299. The van der Waals surface area contributed by atoms with Crippen LogP contribution < -0.4 is 4.90 Å². The van der Waals surface area contributed by atoms with Gasteiger partial charge in [0.2, 0.25) is 11.8 Å². The number of halogens is 1. The molecule has 0 unspecified atom stereocenters. The van der Waals surface area contributed by atoms with E-state index in [0.717, 1.165) is 19.4 Å². The second kappa shape index (κ2) is 6.26. The molecule has 0 N–H and O–H groups in total. The Bertz CT molecular complexity index is 927. The monoisotopic (exact) mass is 400 g/mol. The van der Waals surface area contributed by atoms with E-state index < -0.39 is 17.9 Å². The number of carbonyl (C=O) groups is 3. The third-order valence-corrected chi connectivity index (χ3v) is 7.11. The van der Waals surface area contributed by atoms with Gasteiger partial charge >= 0.3 is 0 Å². The number of imide groups is 1. The van der Waals surface area contributed by atoms with Crippen LogP contribution >= 0.6 is 22.9 Å². The predicted octanol–water partition coefficient (Wildman–Crippen LogP) is 3.24. The average Bonchev–Trinajstić information content (AvgIpc) is 3.41. The van der Waals surface area contributed by atoms with Gasteiger partial charge in [-0.05, 0) is 55.1 Å². The summed E-state index contributed by atoms with van der Waals surface area (Å²) in [6, 6.07) is 9.76. The zero-order valence-corrected chi connectivity index (χ0v) is 15.9. The molecule has 0 spiro atoms. The molecular formula is C20H17ClN2O3S. The van der Waals surface area contributed by atoms with E-state index in [2.05, 4.69) is 4.90 Å². The first-order chi connectivity index (χ1) is 13.1. The van der Waals surface area contributed by atoms with Crippen molar-refractivity contribution >= 4 is 46.2 Å². The lowest BCUT2D eigenvalue weighted by Gasteiger charge is -2.27. The van der Waals surface area contributed by atoms with E-state index in [1.54, 1.807) is 30.3 Å². The second-order valence-electron chi connectivity index (χ2n) is 7.27. The highest BCUT2D eigenvalue weighted by Crippen LogP contribution is 2.48. The SMILES string of the molecule is O=C(c1cccs1)[C@@H]1[C@H]2C(=O)N(c3ccc(Cl)cc3)C(=O)[C@@H]2[C@H]2CCCN21. The third-order valence-electron chi connectivity index (χ3n) is 5.97. The molecule has 2 aromatic rings. The molecule has 4 atom stereocenters. The highest BCUT2D eigenvalue weighted by atomic mass is 35.5. The third kappa shape index (κ3) is 2.43. The largest absolute Gasteiger partial charge is 0.291 e. The number of thiophene rings is 1. The molecule has 3 fully saturated rings. The fourth-order valence-corrected chi connectivity index (χ4v) is 5.75. The molecule has 5 rings (SSSR count). The number of hydrogen-bond acceptors (Lipinski definition) is 5. The number of fused-ring (bicyclic) bond motifs is 3. The number of amides is 2. The van der Waals surface area contributed by atoms with Gasteiger partial charge in [-0.15, -0.1) is 11.3 Å². The molecular weight excluding hydrogens is 384 g/mol. The van der Waals surface area contributed by atoms with E-state index in [-0.39, 0.29) is 23.6 Å². The maximum absolute atomic E-state index is 13.3. The van der Waals surface area contributed by atoms with E-state index in [1.165, 1.54) is 16.2 Å². The molecule has 0 radical (unpaired) electrons. The van der Waals surface area contributed by atoms with Crippen LogP contribution in [0.25, 0.3) is 0 Å². The lowest BCUT2D eigenvalue weighted by Crippen LogP contribution is -2.45. The minimum atomic E-state index is -0.604. The summed E-state index contributed by atoms with van der Waals surface area (Å²) in [6.45, 7) is 0.765. The van der Waals surface area contributed by atoms with Crippen LogP contribution in [0, 0.1) is 11.8 Å². The molecule has 4 heterocycles. The maximum Gasteiger partial charge on any atom is 0.239 e. The van der Waals surface area contributed by atoms with Gasteiger partial charge in [-0.2, -0.15) is 0 Å². The number of rotatable bonds is 3. The molecule has 3 aliphatic heterocycles. The highest BCUT2D eigenvalue weighted by molar-refractivity contribution is 7.12. The summed E-state index contributed by atoms with van der Waals surface area (Å²) in [5.41, 5.74) is 0.524. The summed E-state index contributed by atoms with van der Waals surface area (Å²) in [6.07, 6.45) is 1.80. The molecule has 27 heavy (non-hydrogen) atoms. The Kier molecular flexibility index (Phi) is 3.96. The molecule has 3 aliphatic rings. The zero-order valence-electron chi connectivity index (χ0n) is 14.4. The van der Waals surface area contributed by atoms with Crippen LogP contribution in [-0.2, 0) is 9.59 Å².